The van der Waals surface area contributed by atoms with Gasteiger partial charge < -0.3 is 10.4 Å². The van der Waals surface area contributed by atoms with Crippen LogP contribution in [0.5, 0.6) is 0 Å². The van der Waals surface area contributed by atoms with Crippen LogP contribution in [-0.2, 0) is 19.4 Å². The fourth-order valence-electron chi connectivity index (χ4n) is 1.93. The number of aliphatic hydroxyl groups excluding tert-OH is 1. The van der Waals surface area contributed by atoms with E-state index in [1.54, 1.807) is 10.4 Å². The van der Waals surface area contributed by atoms with E-state index in [1.165, 1.54) is 30.6 Å². The van der Waals surface area contributed by atoms with Gasteiger partial charge in [-0.1, -0.05) is 0 Å². The molecule has 1 aliphatic carbocycles. The molecule has 1 aliphatic rings. The highest BCUT2D eigenvalue weighted by atomic mass is 32.1. The van der Waals surface area contributed by atoms with Crippen LogP contribution in [0.1, 0.15) is 28.2 Å². The van der Waals surface area contributed by atoms with Crippen molar-refractivity contribution in [1.82, 2.24) is 5.32 Å². The van der Waals surface area contributed by atoms with Crippen LogP contribution in [0, 0.1) is 0 Å². The molecule has 14 heavy (non-hydrogen) atoms. The number of hydrogen-bond acceptors (Lipinski definition) is 3. The van der Waals surface area contributed by atoms with Crippen molar-refractivity contribution in [2.75, 3.05) is 13.2 Å². The highest BCUT2D eigenvalue weighted by Gasteiger charge is 2.12. The van der Waals surface area contributed by atoms with E-state index in [1.807, 2.05) is 11.3 Å². The van der Waals surface area contributed by atoms with Gasteiger partial charge in [0.2, 0.25) is 0 Å². The lowest BCUT2D eigenvalue weighted by molar-refractivity contribution is 0.292. The van der Waals surface area contributed by atoms with Crippen molar-refractivity contribution in [2.45, 2.75) is 32.2 Å². The van der Waals surface area contributed by atoms with E-state index in [0.717, 1.165) is 6.54 Å². The molecule has 1 aromatic rings. The second kappa shape index (κ2) is 4.91. The summed E-state index contributed by atoms with van der Waals surface area (Å²) in [4.78, 5) is 3.02. The third-order valence-electron chi connectivity index (χ3n) is 2.64. The molecule has 0 radical (unpaired) electrons. The average molecular weight is 211 g/mol. The second-order valence-electron chi connectivity index (χ2n) is 3.77. The van der Waals surface area contributed by atoms with Crippen molar-refractivity contribution in [3.8, 4) is 0 Å². The second-order valence-corrected chi connectivity index (χ2v) is 4.99. The molecule has 0 unspecified atom stereocenters. The van der Waals surface area contributed by atoms with E-state index in [0.29, 0.717) is 6.54 Å². The number of nitrogens with one attached hydrogen (secondary N) is 1. The standard InChI is InChI=1S/C11H17NOS/c13-6-5-12-8-10-7-9-3-1-2-4-11(9)14-10/h7,12-13H,1-6,8H2. The highest BCUT2D eigenvalue weighted by Crippen LogP contribution is 2.29. The summed E-state index contributed by atoms with van der Waals surface area (Å²) in [6.07, 6.45) is 5.26. The molecule has 0 atom stereocenters. The molecule has 0 aliphatic heterocycles. The minimum atomic E-state index is 0.227. The van der Waals surface area contributed by atoms with E-state index in [4.69, 9.17) is 5.11 Å². The minimum absolute atomic E-state index is 0.227. The SMILES string of the molecule is OCCNCc1cc2c(s1)CCCC2. The molecule has 1 aromatic heterocycles. The van der Waals surface area contributed by atoms with Crippen molar-refractivity contribution >= 4 is 11.3 Å². The quantitative estimate of drug-likeness (QED) is 0.743. The van der Waals surface area contributed by atoms with Crippen LogP contribution in [0.3, 0.4) is 0 Å². The van der Waals surface area contributed by atoms with Gasteiger partial charge in [0.15, 0.2) is 0 Å². The number of rotatable bonds is 4. The lowest BCUT2D eigenvalue weighted by atomic mass is 9.99. The van der Waals surface area contributed by atoms with Gasteiger partial charge in [0.1, 0.15) is 0 Å². The van der Waals surface area contributed by atoms with Gasteiger partial charge in [-0.3, -0.25) is 0 Å². The van der Waals surface area contributed by atoms with Crippen LogP contribution in [0.4, 0.5) is 0 Å². The average Bonchev–Trinajstić information content (AvgIpc) is 2.60. The fourth-order valence-corrected chi connectivity index (χ4v) is 3.16. The Bertz CT molecular complexity index is 272. The summed E-state index contributed by atoms with van der Waals surface area (Å²) < 4.78 is 0. The normalized spacial score (nSPS) is 15.5. The molecule has 0 fully saturated rings. The maximum absolute atomic E-state index is 8.65. The Morgan fingerprint density at radius 1 is 1.36 bits per heavy atom. The molecule has 0 amide bonds. The Balaban J connectivity index is 1.94. The molecule has 2 N–H and O–H groups in total. The number of aryl methyl sites for hydroxylation is 2. The number of thiophene rings is 1. The molecule has 1 heterocycles. The van der Waals surface area contributed by atoms with Gasteiger partial charge in [-0.25, -0.2) is 0 Å². The molecule has 3 heteroatoms. The smallest absolute Gasteiger partial charge is 0.0556 e. The van der Waals surface area contributed by atoms with Crippen LogP contribution < -0.4 is 5.32 Å². The molecule has 0 saturated heterocycles. The van der Waals surface area contributed by atoms with Crippen molar-refractivity contribution in [2.24, 2.45) is 0 Å². The zero-order chi connectivity index (χ0) is 9.80. The van der Waals surface area contributed by atoms with Crippen LogP contribution in [-0.4, -0.2) is 18.3 Å². The van der Waals surface area contributed by atoms with Crippen LogP contribution in [0.2, 0.25) is 0 Å². The molecule has 2 rings (SSSR count). The van der Waals surface area contributed by atoms with Gasteiger partial charge in [-0.05, 0) is 37.3 Å². The van der Waals surface area contributed by atoms with Crippen LogP contribution >= 0.6 is 11.3 Å². The maximum Gasteiger partial charge on any atom is 0.0556 e. The summed E-state index contributed by atoms with van der Waals surface area (Å²) in [6, 6.07) is 2.34. The predicted octanol–water partition coefficient (Wildman–Crippen LogP) is 1.71. The van der Waals surface area contributed by atoms with Gasteiger partial charge in [0, 0.05) is 22.8 Å². The monoisotopic (exact) mass is 211 g/mol. The fraction of sp³-hybridized carbons (Fsp3) is 0.636. The molecule has 0 aromatic carbocycles. The summed E-state index contributed by atoms with van der Waals surface area (Å²) in [5.41, 5.74) is 1.57. The van der Waals surface area contributed by atoms with E-state index in [9.17, 15) is 0 Å². The third kappa shape index (κ3) is 2.35. The summed E-state index contributed by atoms with van der Waals surface area (Å²) in [5, 5.41) is 11.9. The molecule has 2 nitrogen and oxygen atoms in total. The first-order chi connectivity index (χ1) is 6.90. The summed E-state index contributed by atoms with van der Waals surface area (Å²) in [5.74, 6) is 0. The minimum Gasteiger partial charge on any atom is -0.395 e. The lowest BCUT2D eigenvalue weighted by Gasteiger charge is -2.08. The lowest BCUT2D eigenvalue weighted by Crippen LogP contribution is -2.16. The first-order valence-corrected chi connectivity index (χ1v) is 6.14. The first kappa shape index (κ1) is 10.1. The Labute approximate surface area is 89.0 Å². The van der Waals surface area contributed by atoms with Gasteiger partial charge in [-0.2, -0.15) is 0 Å². The van der Waals surface area contributed by atoms with Crippen molar-refractivity contribution in [3.05, 3.63) is 21.4 Å². The molecule has 0 saturated carbocycles. The third-order valence-corrected chi connectivity index (χ3v) is 3.87. The summed E-state index contributed by atoms with van der Waals surface area (Å²) in [6.45, 7) is 1.84. The zero-order valence-corrected chi connectivity index (χ0v) is 9.20. The number of hydrogen-bond donors (Lipinski definition) is 2. The largest absolute Gasteiger partial charge is 0.395 e. The summed E-state index contributed by atoms with van der Waals surface area (Å²) >= 11 is 1.94. The van der Waals surface area contributed by atoms with Gasteiger partial charge in [-0.15, -0.1) is 11.3 Å². The molecule has 78 valence electrons. The van der Waals surface area contributed by atoms with Gasteiger partial charge >= 0.3 is 0 Å². The van der Waals surface area contributed by atoms with Crippen LogP contribution in [0.15, 0.2) is 6.07 Å². The van der Waals surface area contributed by atoms with Gasteiger partial charge in [0.25, 0.3) is 0 Å². The van der Waals surface area contributed by atoms with Gasteiger partial charge in [0.05, 0.1) is 6.61 Å². The summed E-state index contributed by atoms with van der Waals surface area (Å²) in [7, 11) is 0. The Morgan fingerprint density at radius 3 is 3.00 bits per heavy atom. The first-order valence-electron chi connectivity index (χ1n) is 5.32. The van der Waals surface area contributed by atoms with Crippen molar-refractivity contribution in [3.63, 3.8) is 0 Å². The van der Waals surface area contributed by atoms with E-state index in [-0.39, 0.29) is 6.61 Å². The van der Waals surface area contributed by atoms with Crippen LogP contribution in [0.25, 0.3) is 0 Å². The van der Waals surface area contributed by atoms with Crippen molar-refractivity contribution < 1.29 is 5.11 Å². The Hall–Kier alpha value is -0.380. The molecule has 0 bridgehead atoms. The number of aliphatic hydroxyl groups is 1. The number of fused-ring (bicyclic) bond motifs is 1. The molecule has 0 spiro atoms. The van der Waals surface area contributed by atoms with E-state index in [2.05, 4.69) is 11.4 Å². The zero-order valence-electron chi connectivity index (χ0n) is 8.38. The molecular weight excluding hydrogens is 194 g/mol. The topological polar surface area (TPSA) is 32.3 Å². The Morgan fingerprint density at radius 2 is 2.21 bits per heavy atom. The molecular formula is C11H17NOS. The predicted molar refractivity (Wildman–Crippen MR) is 59.8 cm³/mol. The van der Waals surface area contributed by atoms with E-state index >= 15 is 0 Å². The van der Waals surface area contributed by atoms with E-state index < -0.39 is 0 Å². The van der Waals surface area contributed by atoms with Crippen molar-refractivity contribution in [1.29, 1.82) is 0 Å². The Kier molecular flexibility index (Phi) is 3.56. The highest BCUT2D eigenvalue weighted by molar-refractivity contribution is 7.12. The maximum atomic E-state index is 8.65.